The van der Waals surface area contributed by atoms with Gasteiger partial charge in [0.25, 0.3) is 0 Å². The SMILES string of the molecule is CC(C)(C)OC(=O)N1CCC(Nc2cncc(C3=NC(=NCc4ccccn4)[C@H]4C(=CC=CC4c4ccccc4)N3)c2)CC1. The number of rotatable bonds is 6. The number of nitrogens with one attached hydrogen (secondary N) is 2. The van der Waals surface area contributed by atoms with Crippen molar-refractivity contribution in [3.8, 4) is 0 Å². The Morgan fingerprint density at radius 3 is 2.64 bits per heavy atom. The molecule has 1 fully saturated rings. The van der Waals surface area contributed by atoms with Crippen LogP contribution < -0.4 is 10.6 Å². The van der Waals surface area contributed by atoms with Gasteiger partial charge in [-0.25, -0.2) is 9.79 Å². The molecule has 3 aliphatic rings. The Morgan fingerprint density at radius 2 is 1.89 bits per heavy atom. The van der Waals surface area contributed by atoms with Crippen LogP contribution in [-0.2, 0) is 11.3 Å². The molecule has 0 radical (unpaired) electrons. The van der Waals surface area contributed by atoms with Crippen molar-refractivity contribution < 1.29 is 9.53 Å². The van der Waals surface area contributed by atoms with Crippen LogP contribution in [0.2, 0.25) is 0 Å². The van der Waals surface area contributed by atoms with Crippen molar-refractivity contribution >= 4 is 23.5 Å². The third-order valence-electron chi connectivity index (χ3n) is 7.90. The molecule has 3 aromatic rings. The van der Waals surface area contributed by atoms with Crippen molar-refractivity contribution in [1.82, 2.24) is 20.2 Å². The number of hydrogen-bond donors (Lipinski definition) is 2. The predicted octanol–water partition coefficient (Wildman–Crippen LogP) is 6.09. The molecule has 1 amide bonds. The zero-order valence-electron chi connectivity index (χ0n) is 25.5. The molecule has 0 bridgehead atoms. The van der Waals surface area contributed by atoms with Gasteiger partial charge in [-0.1, -0.05) is 48.6 Å². The molecule has 2 N–H and O–H groups in total. The van der Waals surface area contributed by atoms with Crippen molar-refractivity contribution in [2.45, 2.75) is 57.7 Å². The molecule has 2 aromatic heterocycles. The maximum atomic E-state index is 12.5. The number of carbonyl (C=O) groups is 1. The van der Waals surface area contributed by atoms with E-state index in [0.29, 0.717) is 25.5 Å². The molecule has 1 aromatic carbocycles. The van der Waals surface area contributed by atoms with Gasteiger partial charge < -0.3 is 20.3 Å². The van der Waals surface area contributed by atoms with Gasteiger partial charge in [-0.3, -0.25) is 15.0 Å². The highest BCUT2D eigenvalue weighted by molar-refractivity contribution is 6.11. The quantitative estimate of drug-likeness (QED) is 0.361. The summed E-state index contributed by atoms with van der Waals surface area (Å²) >= 11 is 0. The topological polar surface area (TPSA) is 104 Å². The lowest BCUT2D eigenvalue weighted by Crippen LogP contribution is -2.44. The summed E-state index contributed by atoms with van der Waals surface area (Å²) in [6, 6.07) is 18.7. The second kappa shape index (κ2) is 12.8. The largest absolute Gasteiger partial charge is 0.444 e. The first-order valence-corrected chi connectivity index (χ1v) is 15.3. The van der Waals surface area contributed by atoms with Gasteiger partial charge in [0.2, 0.25) is 0 Å². The van der Waals surface area contributed by atoms with Gasteiger partial charge in [-0.2, -0.15) is 0 Å². The highest BCUT2D eigenvalue weighted by atomic mass is 16.6. The fraction of sp³-hybridized carbons (Fsp3) is 0.343. The number of piperidine rings is 1. The number of amides is 1. The van der Waals surface area contributed by atoms with Crippen LogP contribution in [0.1, 0.15) is 56.4 Å². The van der Waals surface area contributed by atoms with Crippen molar-refractivity contribution in [3.05, 3.63) is 114 Å². The number of amidine groups is 2. The molecule has 44 heavy (non-hydrogen) atoms. The Hall–Kier alpha value is -4.79. The Morgan fingerprint density at radius 1 is 1.09 bits per heavy atom. The van der Waals surface area contributed by atoms with E-state index in [4.69, 9.17) is 14.7 Å². The van der Waals surface area contributed by atoms with E-state index >= 15 is 0 Å². The molecule has 9 heteroatoms. The standard InChI is InChI=1S/C35H39N7O2/c1-35(2,3)44-34(43)42-18-15-26(16-19-42)39-28-20-25(21-36-22-28)32-40-30-14-9-13-29(24-10-5-4-6-11-24)31(30)33(41-32)38-23-27-12-7-8-17-37-27/h4-14,17,20-22,26,29,31,39H,15-16,18-19,23H2,1-3H3,(H,38,40,41)/t29?,31-/m1/s1. The van der Waals surface area contributed by atoms with Crippen LogP contribution in [0.15, 0.2) is 107 Å². The van der Waals surface area contributed by atoms with Crippen LogP contribution in [0, 0.1) is 5.92 Å². The molecule has 2 atom stereocenters. The van der Waals surface area contributed by atoms with E-state index in [1.54, 1.807) is 11.1 Å². The zero-order chi connectivity index (χ0) is 30.5. The van der Waals surface area contributed by atoms with Gasteiger partial charge in [0.15, 0.2) is 0 Å². The molecular formula is C35H39N7O2. The fourth-order valence-corrected chi connectivity index (χ4v) is 5.77. The number of hydrogen-bond acceptors (Lipinski definition) is 7. The zero-order valence-corrected chi connectivity index (χ0v) is 25.5. The predicted molar refractivity (Wildman–Crippen MR) is 174 cm³/mol. The average Bonchev–Trinajstić information content (AvgIpc) is 3.04. The van der Waals surface area contributed by atoms with Crippen LogP contribution >= 0.6 is 0 Å². The number of likely N-dealkylation sites (tertiary alicyclic amines) is 1. The minimum absolute atomic E-state index is 0.0423. The van der Waals surface area contributed by atoms with Gasteiger partial charge in [-0.15, -0.1) is 0 Å². The normalized spacial score (nSPS) is 21.2. The lowest BCUT2D eigenvalue weighted by molar-refractivity contribution is 0.0210. The fourth-order valence-electron chi connectivity index (χ4n) is 5.77. The monoisotopic (exact) mass is 589 g/mol. The van der Waals surface area contributed by atoms with E-state index in [0.717, 1.165) is 41.3 Å². The first-order valence-electron chi connectivity index (χ1n) is 15.3. The number of fused-ring (bicyclic) bond motifs is 1. The van der Waals surface area contributed by atoms with Crippen LogP contribution in [-0.4, -0.2) is 57.4 Å². The van der Waals surface area contributed by atoms with Gasteiger partial charge in [0.05, 0.1) is 23.8 Å². The third kappa shape index (κ3) is 7.05. The maximum absolute atomic E-state index is 12.5. The summed E-state index contributed by atoms with van der Waals surface area (Å²) in [4.78, 5) is 33.4. The Labute approximate surface area is 258 Å². The number of benzene rings is 1. The van der Waals surface area contributed by atoms with Crippen LogP contribution in [0.25, 0.3) is 0 Å². The molecule has 1 saturated heterocycles. The molecule has 226 valence electrons. The van der Waals surface area contributed by atoms with Gasteiger partial charge in [0, 0.05) is 54.9 Å². The summed E-state index contributed by atoms with van der Waals surface area (Å²) in [7, 11) is 0. The van der Waals surface area contributed by atoms with Crippen LogP contribution in [0.4, 0.5) is 10.5 Å². The number of aliphatic imine (C=N–C) groups is 2. The Bertz CT molecular complexity index is 1580. The van der Waals surface area contributed by atoms with E-state index < -0.39 is 5.60 Å². The molecule has 9 nitrogen and oxygen atoms in total. The average molecular weight is 590 g/mol. The van der Waals surface area contributed by atoms with Gasteiger partial charge in [-0.05, 0) is 63.5 Å². The van der Waals surface area contributed by atoms with Crippen molar-refractivity contribution in [2.75, 3.05) is 18.4 Å². The summed E-state index contributed by atoms with van der Waals surface area (Å²) < 4.78 is 5.55. The Kier molecular flexibility index (Phi) is 8.54. The summed E-state index contributed by atoms with van der Waals surface area (Å²) in [6.07, 6.45) is 13.3. The summed E-state index contributed by atoms with van der Waals surface area (Å²) in [6.45, 7) is 7.42. The van der Waals surface area contributed by atoms with Crippen molar-refractivity contribution in [2.24, 2.45) is 15.9 Å². The van der Waals surface area contributed by atoms with E-state index in [9.17, 15) is 4.79 Å². The lowest BCUT2D eigenvalue weighted by Gasteiger charge is -2.34. The highest BCUT2D eigenvalue weighted by Gasteiger charge is 2.35. The number of anilines is 1. The van der Waals surface area contributed by atoms with E-state index in [1.807, 2.05) is 57.4 Å². The molecular weight excluding hydrogens is 550 g/mol. The number of pyridine rings is 2. The summed E-state index contributed by atoms with van der Waals surface area (Å²) in [5, 5.41) is 7.23. The number of carbonyl (C=O) groups excluding carboxylic acids is 1. The molecule has 0 saturated carbocycles. The molecule has 4 heterocycles. The van der Waals surface area contributed by atoms with Gasteiger partial charge in [0.1, 0.15) is 17.3 Å². The smallest absolute Gasteiger partial charge is 0.410 e. The van der Waals surface area contributed by atoms with Crippen molar-refractivity contribution in [1.29, 1.82) is 0 Å². The molecule has 6 rings (SSSR count). The van der Waals surface area contributed by atoms with Crippen LogP contribution in [0.5, 0.6) is 0 Å². The number of ether oxygens (including phenoxy) is 1. The number of allylic oxidation sites excluding steroid dienone is 3. The van der Waals surface area contributed by atoms with Crippen LogP contribution in [0.3, 0.4) is 0 Å². The molecule has 0 spiro atoms. The first kappa shape index (κ1) is 29.3. The minimum Gasteiger partial charge on any atom is -0.444 e. The van der Waals surface area contributed by atoms with Crippen molar-refractivity contribution in [3.63, 3.8) is 0 Å². The lowest BCUT2D eigenvalue weighted by atomic mass is 9.79. The number of aromatic nitrogens is 2. The second-order valence-corrected chi connectivity index (χ2v) is 12.4. The minimum atomic E-state index is -0.496. The van der Waals surface area contributed by atoms with E-state index in [-0.39, 0.29) is 24.0 Å². The first-order chi connectivity index (χ1) is 21.3. The van der Waals surface area contributed by atoms with Gasteiger partial charge >= 0.3 is 6.09 Å². The Balaban J connectivity index is 1.22. The second-order valence-electron chi connectivity index (χ2n) is 12.4. The summed E-state index contributed by atoms with van der Waals surface area (Å²) in [5.74, 6) is 1.54. The maximum Gasteiger partial charge on any atom is 0.410 e. The van der Waals surface area contributed by atoms with E-state index in [2.05, 4.69) is 69.2 Å². The molecule has 2 aliphatic heterocycles. The molecule has 1 aliphatic carbocycles. The molecule has 1 unspecified atom stereocenters. The highest BCUT2D eigenvalue weighted by Crippen LogP contribution is 2.37. The summed E-state index contributed by atoms with van der Waals surface area (Å²) in [5.41, 5.74) is 4.46. The third-order valence-corrected chi connectivity index (χ3v) is 7.90. The van der Waals surface area contributed by atoms with E-state index in [1.165, 1.54) is 5.56 Å². The number of nitrogens with zero attached hydrogens (tertiary/aromatic N) is 5.